The number of urea groups is 1. The number of pyridine rings is 1. The molecule has 2 amide bonds. The van der Waals surface area contributed by atoms with E-state index in [1.165, 1.54) is 0 Å². The Kier molecular flexibility index (Phi) is 4.83. The summed E-state index contributed by atoms with van der Waals surface area (Å²) in [6, 6.07) is 6.09. The van der Waals surface area contributed by atoms with Crippen LogP contribution in [0.2, 0.25) is 0 Å². The summed E-state index contributed by atoms with van der Waals surface area (Å²) in [7, 11) is 1.83. The molecule has 5 nitrogen and oxygen atoms in total. The summed E-state index contributed by atoms with van der Waals surface area (Å²) < 4.78 is 0. The third-order valence-corrected chi connectivity index (χ3v) is 3.65. The molecule has 1 aliphatic heterocycles. The van der Waals surface area contributed by atoms with Gasteiger partial charge in [0, 0.05) is 32.4 Å². The standard InChI is InChI=1S/C15H20N4O/c1-3-9-17-15(20)18(2)13-7-11-19(12-8-13)14-6-4-5-10-16-14/h1,4-6,10,13H,7-9,11-12H2,2H3,(H,17,20). The Morgan fingerprint density at radius 3 is 2.90 bits per heavy atom. The molecule has 2 rings (SSSR count). The molecule has 2 heterocycles. The number of amides is 2. The molecular weight excluding hydrogens is 252 g/mol. The molecule has 1 N–H and O–H groups in total. The fourth-order valence-corrected chi connectivity index (χ4v) is 2.44. The second kappa shape index (κ2) is 6.80. The Morgan fingerprint density at radius 2 is 2.30 bits per heavy atom. The van der Waals surface area contributed by atoms with Crippen LogP contribution in [-0.4, -0.2) is 48.6 Å². The van der Waals surface area contributed by atoms with Crippen LogP contribution in [0.4, 0.5) is 10.6 Å². The van der Waals surface area contributed by atoms with Crippen LogP contribution in [0, 0.1) is 12.3 Å². The van der Waals surface area contributed by atoms with Crippen LogP contribution in [-0.2, 0) is 0 Å². The molecular formula is C15H20N4O. The topological polar surface area (TPSA) is 48.5 Å². The number of terminal acetylenes is 1. The monoisotopic (exact) mass is 272 g/mol. The van der Waals surface area contributed by atoms with Gasteiger partial charge in [0.1, 0.15) is 5.82 Å². The molecule has 1 aromatic heterocycles. The smallest absolute Gasteiger partial charge is 0.318 e. The maximum Gasteiger partial charge on any atom is 0.318 e. The Balaban J connectivity index is 1.85. The number of carbonyl (C=O) groups excluding carboxylic acids is 1. The van der Waals surface area contributed by atoms with E-state index in [0.717, 1.165) is 31.7 Å². The van der Waals surface area contributed by atoms with Crippen molar-refractivity contribution in [1.82, 2.24) is 15.2 Å². The number of nitrogens with one attached hydrogen (secondary N) is 1. The van der Waals surface area contributed by atoms with Crippen molar-refractivity contribution >= 4 is 11.8 Å². The molecule has 0 atom stereocenters. The first-order valence-corrected chi connectivity index (χ1v) is 6.82. The van der Waals surface area contributed by atoms with Gasteiger partial charge in [-0.25, -0.2) is 9.78 Å². The van der Waals surface area contributed by atoms with Gasteiger partial charge in [0.05, 0.1) is 6.54 Å². The SMILES string of the molecule is C#CCNC(=O)N(C)C1CCN(c2ccccn2)CC1. The predicted octanol–water partition coefficient (Wildman–Crippen LogP) is 1.32. The van der Waals surface area contributed by atoms with E-state index in [-0.39, 0.29) is 18.6 Å². The lowest BCUT2D eigenvalue weighted by atomic mass is 10.0. The first-order valence-electron chi connectivity index (χ1n) is 6.82. The third kappa shape index (κ3) is 3.41. The van der Waals surface area contributed by atoms with Gasteiger partial charge in [0.2, 0.25) is 0 Å². The van der Waals surface area contributed by atoms with Crippen molar-refractivity contribution in [3.8, 4) is 12.3 Å². The summed E-state index contributed by atoms with van der Waals surface area (Å²) in [5, 5.41) is 2.70. The highest BCUT2D eigenvalue weighted by atomic mass is 16.2. The van der Waals surface area contributed by atoms with Crippen LogP contribution in [0.3, 0.4) is 0 Å². The lowest BCUT2D eigenvalue weighted by Crippen LogP contribution is -2.49. The van der Waals surface area contributed by atoms with Crippen molar-refractivity contribution < 1.29 is 4.79 Å². The van der Waals surface area contributed by atoms with Crippen molar-refractivity contribution in [2.24, 2.45) is 0 Å². The van der Waals surface area contributed by atoms with Gasteiger partial charge >= 0.3 is 6.03 Å². The van der Waals surface area contributed by atoms with E-state index in [1.54, 1.807) is 11.1 Å². The first-order chi connectivity index (χ1) is 9.72. The van der Waals surface area contributed by atoms with Gasteiger partial charge in [-0.1, -0.05) is 12.0 Å². The molecule has 0 radical (unpaired) electrons. The van der Waals surface area contributed by atoms with Gasteiger partial charge < -0.3 is 15.1 Å². The quantitative estimate of drug-likeness (QED) is 0.844. The number of aromatic nitrogens is 1. The number of anilines is 1. The normalized spacial score (nSPS) is 15.5. The number of hydrogen-bond donors (Lipinski definition) is 1. The van der Waals surface area contributed by atoms with Crippen molar-refractivity contribution in [2.45, 2.75) is 18.9 Å². The largest absolute Gasteiger partial charge is 0.356 e. The molecule has 0 bridgehead atoms. The maximum atomic E-state index is 11.8. The van der Waals surface area contributed by atoms with Gasteiger partial charge in [-0.2, -0.15) is 0 Å². The summed E-state index contributed by atoms with van der Waals surface area (Å²) in [4.78, 5) is 20.2. The molecule has 5 heteroatoms. The molecule has 1 aromatic rings. The van der Waals surface area contributed by atoms with Gasteiger partial charge in [-0.15, -0.1) is 6.42 Å². The van der Waals surface area contributed by atoms with Crippen molar-refractivity contribution in [3.63, 3.8) is 0 Å². The molecule has 106 valence electrons. The van der Waals surface area contributed by atoms with Crippen LogP contribution < -0.4 is 10.2 Å². The lowest BCUT2D eigenvalue weighted by molar-refractivity contribution is 0.181. The average molecular weight is 272 g/mol. The molecule has 1 fully saturated rings. The van der Waals surface area contributed by atoms with Crippen LogP contribution >= 0.6 is 0 Å². The van der Waals surface area contributed by atoms with E-state index < -0.39 is 0 Å². The predicted molar refractivity (Wildman–Crippen MR) is 79.5 cm³/mol. The summed E-state index contributed by atoms with van der Waals surface area (Å²) in [6.07, 6.45) is 8.83. The number of nitrogens with zero attached hydrogens (tertiary/aromatic N) is 3. The summed E-state index contributed by atoms with van der Waals surface area (Å²) in [5.74, 6) is 3.41. The number of carbonyl (C=O) groups is 1. The van der Waals surface area contributed by atoms with Crippen LogP contribution in [0.15, 0.2) is 24.4 Å². The average Bonchev–Trinajstić information content (AvgIpc) is 2.53. The number of rotatable bonds is 3. The van der Waals surface area contributed by atoms with E-state index in [9.17, 15) is 4.79 Å². The van der Waals surface area contributed by atoms with E-state index in [2.05, 4.69) is 21.1 Å². The number of piperidine rings is 1. The summed E-state index contributed by atoms with van der Waals surface area (Å²) in [6.45, 7) is 2.10. The van der Waals surface area contributed by atoms with Crippen molar-refractivity contribution in [3.05, 3.63) is 24.4 Å². The summed E-state index contributed by atoms with van der Waals surface area (Å²) >= 11 is 0. The maximum absolute atomic E-state index is 11.8. The van der Waals surface area contributed by atoms with E-state index >= 15 is 0 Å². The molecule has 0 aliphatic carbocycles. The zero-order valence-corrected chi connectivity index (χ0v) is 11.7. The Morgan fingerprint density at radius 1 is 1.55 bits per heavy atom. The summed E-state index contributed by atoms with van der Waals surface area (Å²) in [5.41, 5.74) is 0. The zero-order valence-electron chi connectivity index (χ0n) is 11.7. The minimum absolute atomic E-state index is 0.0979. The zero-order chi connectivity index (χ0) is 14.4. The fourth-order valence-electron chi connectivity index (χ4n) is 2.44. The molecule has 1 saturated heterocycles. The van der Waals surface area contributed by atoms with Gasteiger partial charge in [0.15, 0.2) is 0 Å². The molecule has 0 spiro atoms. The fraction of sp³-hybridized carbons (Fsp3) is 0.467. The Labute approximate surface area is 120 Å². The van der Waals surface area contributed by atoms with E-state index in [1.807, 2.05) is 25.2 Å². The highest BCUT2D eigenvalue weighted by Gasteiger charge is 2.25. The Bertz CT molecular complexity index is 474. The highest BCUT2D eigenvalue weighted by molar-refractivity contribution is 5.74. The molecule has 0 saturated carbocycles. The minimum Gasteiger partial charge on any atom is -0.356 e. The second-order valence-corrected chi connectivity index (χ2v) is 4.88. The second-order valence-electron chi connectivity index (χ2n) is 4.88. The number of hydrogen-bond acceptors (Lipinski definition) is 3. The van der Waals surface area contributed by atoms with Crippen molar-refractivity contribution in [2.75, 3.05) is 31.6 Å². The van der Waals surface area contributed by atoms with Crippen LogP contribution in [0.5, 0.6) is 0 Å². The molecule has 20 heavy (non-hydrogen) atoms. The van der Waals surface area contributed by atoms with Gasteiger partial charge in [-0.3, -0.25) is 0 Å². The molecule has 1 aliphatic rings. The van der Waals surface area contributed by atoms with Crippen LogP contribution in [0.1, 0.15) is 12.8 Å². The molecule has 0 aromatic carbocycles. The van der Waals surface area contributed by atoms with Crippen molar-refractivity contribution in [1.29, 1.82) is 0 Å². The lowest BCUT2D eigenvalue weighted by Gasteiger charge is -2.37. The van der Waals surface area contributed by atoms with Gasteiger partial charge in [-0.05, 0) is 25.0 Å². The van der Waals surface area contributed by atoms with Gasteiger partial charge in [0.25, 0.3) is 0 Å². The van der Waals surface area contributed by atoms with E-state index in [4.69, 9.17) is 6.42 Å². The highest BCUT2D eigenvalue weighted by Crippen LogP contribution is 2.20. The Hall–Kier alpha value is -2.22. The van der Waals surface area contributed by atoms with E-state index in [0.29, 0.717) is 0 Å². The van der Waals surface area contributed by atoms with Crippen LogP contribution in [0.25, 0.3) is 0 Å². The first kappa shape index (κ1) is 14.2. The molecule has 0 unspecified atom stereocenters. The minimum atomic E-state index is -0.0979. The third-order valence-electron chi connectivity index (χ3n) is 3.65.